The minimum absolute atomic E-state index is 0.00233. The minimum Gasteiger partial charge on any atom is -0.486 e. The molecule has 7 heteroatoms. The van der Waals surface area contributed by atoms with E-state index in [9.17, 15) is 9.59 Å². The third kappa shape index (κ3) is 6.62. The summed E-state index contributed by atoms with van der Waals surface area (Å²) in [4.78, 5) is 24.0. The Morgan fingerprint density at radius 2 is 1.86 bits per heavy atom. The van der Waals surface area contributed by atoms with Crippen molar-refractivity contribution in [2.75, 3.05) is 5.32 Å². The van der Waals surface area contributed by atoms with Crippen molar-refractivity contribution in [3.8, 4) is 5.75 Å². The van der Waals surface area contributed by atoms with Crippen LogP contribution in [0.5, 0.6) is 5.75 Å². The Balaban J connectivity index is 1.47. The number of rotatable bonds is 8. The van der Waals surface area contributed by atoms with Crippen LogP contribution in [0.2, 0.25) is 0 Å². The minimum atomic E-state index is -0.195. The molecule has 29 heavy (non-hydrogen) atoms. The van der Waals surface area contributed by atoms with Crippen molar-refractivity contribution in [3.63, 3.8) is 0 Å². The quantitative estimate of drug-likeness (QED) is 0.640. The predicted molar refractivity (Wildman–Crippen MR) is 110 cm³/mol. The van der Waals surface area contributed by atoms with Crippen LogP contribution in [0.1, 0.15) is 74.5 Å². The van der Waals surface area contributed by atoms with Gasteiger partial charge in [-0.15, -0.1) is 0 Å². The number of hydrogen-bond acceptors (Lipinski definition) is 5. The van der Waals surface area contributed by atoms with E-state index in [-0.39, 0.29) is 30.2 Å². The molecule has 1 aromatic heterocycles. The van der Waals surface area contributed by atoms with Gasteiger partial charge in [-0.05, 0) is 43.5 Å². The molecule has 0 radical (unpaired) electrons. The number of ether oxygens (including phenoxy) is 1. The molecule has 1 aliphatic rings. The summed E-state index contributed by atoms with van der Waals surface area (Å²) < 4.78 is 10.9. The molecule has 7 nitrogen and oxygen atoms in total. The third-order valence-electron chi connectivity index (χ3n) is 4.98. The fourth-order valence-electron chi connectivity index (χ4n) is 3.41. The van der Waals surface area contributed by atoms with E-state index in [2.05, 4.69) is 15.8 Å². The molecule has 1 aliphatic carbocycles. The second-order valence-corrected chi connectivity index (χ2v) is 7.45. The maximum atomic E-state index is 12.4. The molecule has 1 fully saturated rings. The van der Waals surface area contributed by atoms with E-state index in [0.717, 1.165) is 37.8 Å². The third-order valence-corrected chi connectivity index (χ3v) is 4.98. The molecule has 0 bridgehead atoms. The summed E-state index contributed by atoms with van der Waals surface area (Å²) in [7, 11) is 0. The molecular formula is C22H29N3O4. The van der Waals surface area contributed by atoms with Gasteiger partial charge >= 0.3 is 0 Å². The van der Waals surface area contributed by atoms with E-state index >= 15 is 0 Å². The first kappa shape index (κ1) is 20.9. The van der Waals surface area contributed by atoms with E-state index in [1.165, 1.54) is 12.8 Å². The maximum absolute atomic E-state index is 12.4. The first-order chi connectivity index (χ1) is 14.1. The van der Waals surface area contributed by atoms with E-state index in [4.69, 9.17) is 9.26 Å². The molecule has 0 aliphatic heterocycles. The Labute approximate surface area is 171 Å². The Bertz CT molecular complexity index is 793. The summed E-state index contributed by atoms with van der Waals surface area (Å²) in [5.41, 5.74) is 1.01. The Morgan fingerprint density at radius 3 is 2.55 bits per heavy atom. The summed E-state index contributed by atoms with van der Waals surface area (Å²) in [6.07, 6.45) is 8.15. The molecule has 0 saturated heterocycles. The largest absolute Gasteiger partial charge is 0.486 e. The van der Waals surface area contributed by atoms with Gasteiger partial charge in [0.15, 0.2) is 11.5 Å². The van der Waals surface area contributed by atoms with Crippen LogP contribution in [0.3, 0.4) is 0 Å². The fourth-order valence-corrected chi connectivity index (χ4v) is 3.41. The number of carbonyl (C=O) groups excluding carboxylic acids is 2. The first-order valence-electron chi connectivity index (χ1n) is 10.4. The molecule has 0 atom stereocenters. The van der Waals surface area contributed by atoms with Gasteiger partial charge in [0.25, 0.3) is 5.91 Å². The lowest BCUT2D eigenvalue weighted by Crippen LogP contribution is -2.34. The van der Waals surface area contributed by atoms with Gasteiger partial charge in [0.2, 0.25) is 5.91 Å². The molecule has 2 amide bonds. The number of carbonyl (C=O) groups is 2. The second kappa shape index (κ2) is 10.6. The van der Waals surface area contributed by atoms with Gasteiger partial charge in [0.1, 0.15) is 12.4 Å². The van der Waals surface area contributed by atoms with Gasteiger partial charge in [-0.3, -0.25) is 9.59 Å². The number of amides is 2. The van der Waals surface area contributed by atoms with Gasteiger partial charge in [0, 0.05) is 24.2 Å². The van der Waals surface area contributed by atoms with Gasteiger partial charge in [0.05, 0.1) is 0 Å². The lowest BCUT2D eigenvalue weighted by molar-refractivity contribution is -0.116. The van der Waals surface area contributed by atoms with Crippen LogP contribution >= 0.6 is 0 Å². The topological polar surface area (TPSA) is 93.5 Å². The SMILES string of the molecule is CCCC(=O)Nc1ccc(OCc2cc(C(=O)NC3CCCCCC3)no2)cc1. The zero-order valence-electron chi connectivity index (χ0n) is 16.9. The van der Waals surface area contributed by atoms with E-state index in [1.54, 1.807) is 30.3 Å². The van der Waals surface area contributed by atoms with E-state index in [1.807, 2.05) is 6.92 Å². The zero-order chi connectivity index (χ0) is 20.5. The van der Waals surface area contributed by atoms with Gasteiger partial charge in [-0.25, -0.2) is 0 Å². The van der Waals surface area contributed by atoms with Crippen LogP contribution in [-0.4, -0.2) is 23.0 Å². The highest BCUT2D eigenvalue weighted by Crippen LogP contribution is 2.19. The van der Waals surface area contributed by atoms with Crippen molar-refractivity contribution >= 4 is 17.5 Å². The molecule has 1 saturated carbocycles. The Hall–Kier alpha value is -2.83. The van der Waals surface area contributed by atoms with Crippen LogP contribution in [0.4, 0.5) is 5.69 Å². The maximum Gasteiger partial charge on any atom is 0.273 e. The van der Waals surface area contributed by atoms with Crippen LogP contribution < -0.4 is 15.4 Å². The zero-order valence-corrected chi connectivity index (χ0v) is 16.9. The van der Waals surface area contributed by atoms with Crippen LogP contribution in [0.15, 0.2) is 34.9 Å². The fraction of sp³-hybridized carbons (Fsp3) is 0.500. The molecule has 0 unspecified atom stereocenters. The number of aromatic nitrogens is 1. The van der Waals surface area contributed by atoms with Crippen molar-refractivity contribution in [3.05, 3.63) is 41.8 Å². The number of hydrogen-bond donors (Lipinski definition) is 2. The highest BCUT2D eigenvalue weighted by Gasteiger charge is 2.18. The highest BCUT2D eigenvalue weighted by atomic mass is 16.5. The molecule has 156 valence electrons. The smallest absolute Gasteiger partial charge is 0.273 e. The molecule has 1 heterocycles. The van der Waals surface area contributed by atoms with Crippen molar-refractivity contribution < 1.29 is 18.8 Å². The summed E-state index contributed by atoms with van der Waals surface area (Å²) in [6, 6.07) is 8.96. The van der Waals surface area contributed by atoms with Gasteiger partial charge in [-0.2, -0.15) is 0 Å². The highest BCUT2D eigenvalue weighted by molar-refractivity contribution is 5.92. The Morgan fingerprint density at radius 1 is 1.14 bits per heavy atom. The standard InChI is InChI=1S/C22H29N3O4/c1-2-7-21(26)23-17-10-12-18(13-11-17)28-15-19-14-20(25-29-19)22(27)24-16-8-5-3-4-6-9-16/h10-14,16H,2-9,15H2,1H3,(H,23,26)(H,24,27). The summed E-state index contributed by atoms with van der Waals surface area (Å²) in [5, 5.41) is 9.75. The summed E-state index contributed by atoms with van der Waals surface area (Å²) in [5.74, 6) is 0.923. The lowest BCUT2D eigenvalue weighted by Gasteiger charge is -2.14. The number of nitrogens with zero attached hydrogens (tertiary/aromatic N) is 1. The van der Waals surface area contributed by atoms with Crippen molar-refractivity contribution in [2.45, 2.75) is 70.9 Å². The normalized spacial score (nSPS) is 14.8. The lowest BCUT2D eigenvalue weighted by atomic mass is 10.1. The monoisotopic (exact) mass is 399 g/mol. The van der Waals surface area contributed by atoms with Gasteiger partial charge < -0.3 is 19.9 Å². The second-order valence-electron chi connectivity index (χ2n) is 7.45. The Kier molecular flexibility index (Phi) is 7.67. The van der Waals surface area contributed by atoms with Crippen LogP contribution in [0, 0.1) is 0 Å². The van der Waals surface area contributed by atoms with E-state index < -0.39 is 0 Å². The number of nitrogens with one attached hydrogen (secondary N) is 2. The molecule has 0 spiro atoms. The van der Waals surface area contributed by atoms with Crippen LogP contribution in [0.25, 0.3) is 0 Å². The summed E-state index contributed by atoms with van der Waals surface area (Å²) >= 11 is 0. The van der Waals surface area contributed by atoms with Gasteiger partial charge in [-0.1, -0.05) is 37.8 Å². The number of benzene rings is 1. The molecular weight excluding hydrogens is 370 g/mol. The average molecular weight is 399 g/mol. The first-order valence-corrected chi connectivity index (χ1v) is 10.4. The number of anilines is 1. The van der Waals surface area contributed by atoms with Crippen molar-refractivity contribution in [1.82, 2.24) is 10.5 Å². The molecule has 1 aromatic carbocycles. The van der Waals surface area contributed by atoms with Crippen LogP contribution in [-0.2, 0) is 11.4 Å². The molecule has 2 aromatic rings. The predicted octanol–water partition coefficient (Wildman–Crippen LogP) is 4.44. The van der Waals surface area contributed by atoms with E-state index in [0.29, 0.717) is 17.9 Å². The summed E-state index contributed by atoms with van der Waals surface area (Å²) in [6.45, 7) is 2.14. The molecule has 2 N–H and O–H groups in total. The van der Waals surface area contributed by atoms with Crippen molar-refractivity contribution in [2.24, 2.45) is 0 Å². The van der Waals surface area contributed by atoms with Crippen molar-refractivity contribution in [1.29, 1.82) is 0 Å². The average Bonchev–Trinajstić information content (AvgIpc) is 3.05. The molecule has 3 rings (SSSR count).